The number of nitrogens with one attached hydrogen (secondary N) is 1. The van der Waals surface area contributed by atoms with Gasteiger partial charge in [-0.25, -0.2) is 4.39 Å². The Bertz CT molecular complexity index is 1040. The summed E-state index contributed by atoms with van der Waals surface area (Å²) in [5.41, 5.74) is 0.630. The van der Waals surface area contributed by atoms with E-state index in [1.807, 2.05) is 36.4 Å². The Morgan fingerprint density at radius 1 is 1.07 bits per heavy atom. The maximum absolute atomic E-state index is 14.6. The Labute approximate surface area is 179 Å². The summed E-state index contributed by atoms with van der Waals surface area (Å²) < 4.78 is 21.3. The molecule has 1 N–H and O–H groups in total. The van der Waals surface area contributed by atoms with E-state index < -0.39 is 0 Å². The van der Waals surface area contributed by atoms with Crippen molar-refractivity contribution in [2.24, 2.45) is 0 Å². The molecule has 1 aliphatic heterocycles. The van der Waals surface area contributed by atoms with E-state index in [1.54, 1.807) is 6.07 Å². The molecule has 0 bridgehead atoms. The van der Waals surface area contributed by atoms with Crippen molar-refractivity contribution in [2.75, 3.05) is 13.1 Å². The number of likely N-dealkylation sites (tertiary alicyclic amines) is 1. The SMILES string of the molecule is O=C(NC1CCN(C2CC2)CC1)c1sc2cccc(F)c2c1COc1ccccc1. The first kappa shape index (κ1) is 19.5. The maximum Gasteiger partial charge on any atom is 0.262 e. The number of ether oxygens (including phenoxy) is 1. The summed E-state index contributed by atoms with van der Waals surface area (Å²) in [6.45, 7) is 2.25. The zero-order chi connectivity index (χ0) is 20.5. The molecule has 0 radical (unpaired) electrons. The number of amides is 1. The van der Waals surface area contributed by atoms with Crippen LogP contribution >= 0.6 is 11.3 Å². The number of fused-ring (bicyclic) bond motifs is 1. The van der Waals surface area contributed by atoms with E-state index in [0.29, 0.717) is 21.6 Å². The van der Waals surface area contributed by atoms with E-state index in [9.17, 15) is 9.18 Å². The first-order valence-corrected chi connectivity index (χ1v) is 11.4. The molecule has 3 aromatic rings. The number of halogens is 1. The van der Waals surface area contributed by atoms with Crippen molar-refractivity contribution in [1.82, 2.24) is 10.2 Å². The van der Waals surface area contributed by atoms with Crippen molar-refractivity contribution in [2.45, 2.75) is 44.4 Å². The Morgan fingerprint density at radius 3 is 2.57 bits per heavy atom. The molecule has 1 saturated heterocycles. The van der Waals surface area contributed by atoms with Crippen LogP contribution in [0, 0.1) is 5.82 Å². The van der Waals surface area contributed by atoms with Crippen molar-refractivity contribution >= 4 is 27.3 Å². The molecule has 30 heavy (non-hydrogen) atoms. The lowest BCUT2D eigenvalue weighted by atomic mass is 10.0. The first-order chi connectivity index (χ1) is 14.7. The summed E-state index contributed by atoms with van der Waals surface area (Å²) in [4.78, 5) is 16.3. The third-order valence-corrected chi connectivity index (χ3v) is 7.22. The maximum atomic E-state index is 14.6. The standard InChI is InChI=1S/C24H25FN2O2S/c25-20-7-4-8-21-22(20)19(15-29-18-5-2-1-3-6-18)23(30-21)24(28)26-16-11-13-27(14-12-16)17-9-10-17/h1-8,16-17H,9-15H2,(H,26,28). The molecule has 5 rings (SSSR count). The fourth-order valence-corrected chi connectivity index (χ4v) is 5.39. The number of hydrogen-bond donors (Lipinski definition) is 1. The summed E-state index contributed by atoms with van der Waals surface area (Å²) in [6.07, 6.45) is 4.57. The van der Waals surface area contributed by atoms with Crippen LogP contribution in [0.25, 0.3) is 10.1 Å². The smallest absolute Gasteiger partial charge is 0.262 e. The van der Waals surface area contributed by atoms with Gasteiger partial charge < -0.3 is 15.0 Å². The fraction of sp³-hybridized carbons (Fsp3) is 0.375. The van der Waals surface area contributed by atoms with E-state index >= 15 is 0 Å². The molecule has 1 saturated carbocycles. The quantitative estimate of drug-likeness (QED) is 0.607. The van der Waals surface area contributed by atoms with Gasteiger partial charge in [-0.2, -0.15) is 0 Å². The van der Waals surface area contributed by atoms with Gasteiger partial charge >= 0.3 is 0 Å². The molecule has 1 aromatic heterocycles. The first-order valence-electron chi connectivity index (χ1n) is 10.6. The lowest BCUT2D eigenvalue weighted by Gasteiger charge is -2.32. The number of piperidine rings is 1. The number of carbonyl (C=O) groups excluding carboxylic acids is 1. The van der Waals surface area contributed by atoms with Crippen LogP contribution in [0.3, 0.4) is 0 Å². The second kappa shape index (κ2) is 8.36. The summed E-state index contributed by atoms with van der Waals surface area (Å²) in [5, 5.41) is 3.69. The van der Waals surface area contributed by atoms with Gasteiger partial charge in [0.05, 0.1) is 4.88 Å². The summed E-state index contributed by atoms with van der Waals surface area (Å²) in [7, 11) is 0. The van der Waals surface area contributed by atoms with Crippen LogP contribution in [-0.4, -0.2) is 36.0 Å². The lowest BCUT2D eigenvalue weighted by Crippen LogP contribution is -2.45. The average molecular weight is 425 g/mol. The second-order valence-electron chi connectivity index (χ2n) is 8.14. The van der Waals surface area contributed by atoms with Crippen molar-refractivity contribution in [3.05, 3.63) is 64.8 Å². The molecule has 2 aromatic carbocycles. The zero-order valence-electron chi connectivity index (χ0n) is 16.8. The molecule has 0 atom stereocenters. The highest BCUT2D eigenvalue weighted by Crippen LogP contribution is 2.35. The second-order valence-corrected chi connectivity index (χ2v) is 9.19. The summed E-state index contributed by atoms with van der Waals surface area (Å²) in [5.74, 6) is 0.270. The van der Waals surface area contributed by atoms with Crippen LogP contribution in [-0.2, 0) is 6.61 Å². The molecule has 0 spiro atoms. The van der Waals surface area contributed by atoms with Gasteiger partial charge in [0.25, 0.3) is 5.91 Å². The third kappa shape index (κ3) is 4.07. The number of nitrogens with zero attached hydrogens (tertiary/aromatic N) is 1. The summed E-state index contributed by atoms with van der Waals surface area (Å²) >= 11 is 1.34. The fourth-order valence-electron chi connectivity index (χ4n) is 4.26. The van der Waals surface area contributed by atoms with E-state index in [-0.39, 0.29) is 24.4 Å². The number of para-hydroxylation sites is 1. The minimum Gasteiger partial charge on any atom is -0.489 e. The molecular formula is C24H25FN2O2S. The van der Waals surface area contributed by atoms with Gasteiger partial charge in [-0.3, -0.25) is 4.79 Å². The minimum absolute atomic E-state index is 0.118. The molecule has 4 nitrogen and oxygen atoms in total. The van der Waals surface area contributed by atoms with Crippen LogP contribution in [0.1, 0.15) is 40.9 Å². The van der Waals surface area contributed by atoms with Gasteiger partial charge in [0.15, 0.2) is 0 Å². The highest BCUT2D eigenvalue weighted by atomic mass is 32.1. The minimum atomic E-state index is -0.313. The predicted octanol–water partition coefficient (Wildman–Crippen LogP) is 4.98. The molecule has 2 fully saturated rings. The van der Waals surface area contributed by atoms with Gasteiger partial charge in [0.2, 0.25) is 0 Å². The number of carbonyl (C=O) groups is 1. The number of benzene rings is 2. The molecule has 1 aliphatic carbocycles. The van der Waals surface area contributed by atoms with E-state index in [2.05, 4.69) is 10.2 Å². The molecule has 156 valence electrons. The van der Waals surface area contributed by atoms with Crippen LogP contribution < -0.4 is 10.1 Å². The third-order valence-electron chi connectivity index (χ3n) is 6.02. The van der Waals surface area contributed by atoms with E-state index in [0.717, 1.165) is 36.7 Å². The number of thiophene rings is 1. The van der Waals surface area contributed by atoms with Crippen LogP contribution in [0.2, 0.25) is 0 Å². The van der Waals surface area contributed by atoms with Crippen molar-refractivity contribution in [3.63, 3.8) is 0 Å². The Kier molecular flexibility index (Phi) is 5.44. The van der Waals surface area contributed by atoms with Crippen LogP contribution in [0.15, 0.2) is 48.5 Å². The average Bonchev–Trinajstić information content (AvgIpc) is 3.54. The monoisotopic (exact) mass is 424 g/mol. The van der Waals surface area contributed by atoms with Crippen LogP contribution in [0.5, 0.6) is 5.75 Å². The molecule has 1 amide bonds. The predicted molar refractivity (Wildman–Crippen MR) is 118 cm³/mol. The molecule has 6 heteroatoms. The van der Waals surface area contributed by atoms with Crippen molar-refractivity contribution < 1.29 is 13.9 Å². The van der Waals surface area contributed by atoms with Gasteiger partial charge in [-0.15, -0.1) is 11.3 Å². The van der Waals surface area contributed by atoms with Gasteiger partial charge in [0, 0.05) is 40.8 Å². The lowest BCUT2D eigenvalue weighted by molar-refractivity contribution is 0.0911. The van der Waals surface area contributed by atoms with Gasteiger partial charge in [0.1, 0.15) is 18.2 Å². The molecule has 2 aliphatic rings. The highest BCUT2D eigenvalue weighted by molar-refractivity contribution is 7.21. The summed E-state index contributed by atoms with van der Waals surface area (Å²) in [6, 6.07) is 15.4. The largest absolute Gasteiger partial charge is 0.489 e. The number of rotatable bonds is 6. The Hall–Kier alpha value is -2.44. The Balaban J connectivity index is 1.36. The van der Waals surface area contributed by atoms with E-state index in [1.165, 1.54) is 30.2 Å². The normalized spacial score (nSPS) is 17.9. The van der Waals surface area contributed by atoms with E-state index in [4.69, 9.17) is 4.74 Å². The Morgan fingerprint density at radius 2 is 1.83 bits per heavy atom. The van der Waals surface area contributed by atoms with Crippen LogP contribution in [0.4, 0.5) is 4.39 Å². The van der Waals surface area contributed by atoms with Gasteiger partial charge in [-0.1, -0.05) is 24.3 Å². The highest BCUT2D eigenvalue weighted by Gasteiger charge is 2.32. The molecule has 0 unspecified atom stereocenters. The zero-order valence-corrected chi connectivity index (χ0v) is 17.6. The molecular weight excluding hydrogens is 399 g/mol. The number of hydrogen-bond acceptors (Lipinski definition) is 4. The topological polar surface area (TPSA) is 41.6 Å². The van der Waals surface area contributed by atoms with Gasteiger partial charge in [-0.05, 0) is 49.9 Å². The molecule has 2 heterocycles. The van der Waals surface area contributed by atoms with Crippen molar-refractivity contribution in [1.29, 1.82) is 0 Å². The van der Waals surface area contributed by atoms with Crippen molar-refractivity contribution in [3.8, 4) is 5.75 Å².